The van der Waals surface area contributed by atoms with Gasteiger partial charge in [-0.05, 0) is 25.0 Å². The topological polar surface area (TPSA) is 77.1 Å². The second-order valence-corrected chi connectivity index (χ2v) is 9.93. The van der Waals surface area contributed by atoms with Gasteiger partial charge in [0, 0.05) is 22.0 Å². The van der Waals surface area contributed by atoms with E-state index >= 15 is 0 Å². The van der Waals surface area contributed by atoms with Crippen molar-refractivity contribution >= 4 is 23.5 Å². The summed E-state index contributed by atoms with van der Waals surface area (Å²) in [5.41, 5.74) is 2.00. The molecule has 8 heteroatoms. The molecule has 2 unspecified atom stereocenters. The van der Waals surface area contributed by atoms with Gasteiger partial charge in [0.1, 0.15) is 13.2 Å². The molecule has 0 aliphatic rings. The molecule has 0 amide bonds. The van der Waals surface area contributed by atoms with Gasteiger partial charge in [0.05, 0.1) is 0 Å². The van der Waals surface area contributed by atoms with E-state index in [4.69, 9.17) is 9.47 Å². The predicted molar refractivity (Wildman–Crippen MR) is 128 cm³/mol. The summed E-state index contributed by atoms with van der Waals surface area (Å²) in [6, 6.07) is 20.7. The molecular formula is C23H27N3O3S2. The zero-order valence-corrected chi connectivity index (χ0v) is 19.3. The quantitative estimate of drug-likeness (QED) is 0.427. The van der Waals surface area contributed by atoms with E-state index in [-0.39, 0.29) is 22.5 Å². The van der Waals surface area contributed by atoms with E-state index < -0.39 is 5.69 Å². The van der Waals surface area contributed by atoms with E-state index in [1.807, 2.05) is 36.4 Å². The molecule has 0 radical (unpaired) electrons. The summed E-state index contributed by atoms with van der Waals surface area (Å²) in [6.45, 7) is 4.98. The van der Waals surface area contributed by atoms with Crippen molar-refractivity contribution in [1.82, 2.24) is 15.0 Å². The smallest absolute Gasteiger partial charge is 0.353 e. The number of rotatable bonds is 12. The first-order valence-electron chi connectivity index (χ1n) is 10.1. The fourth-order valence-electron chi connectivity index (χ4n) is 2.59. The van der Waals surface area contributed by atoms with Crippen molar-refractivity contribution in [2.75, 3.05) is 13.2 Å². The third-order valence-corrected chi connectivity index (χ3v) is 6.68. The summed E-state index contributed by atoms with van der Waals surface area (Å²) < 4.78 is 11.3. The van der Waals surface area contributed by atoms with Crippen LogP contribution in [0.3, 0.4) is 0 Å². The van der Waals surface area contributed by atoms with Crippen LogP contribution in [0.5, 0.6) is 12.0 Å². The van der Waals surface area contributed by atoms with E-state index in [1.54, 1.807) is 23.5 Å². The molecular weight excluding hydrogens is 430 g/mol. The molecule has 0 fully saturated rings. The van der Waals surface area contributed by atoms with Crippen LogP contribution in [0.1, 0.15) is 25.0 Å². The van der Waals surface area contributed by atoms with Gasteiger partial charge in [-0.2, -0.15) is 23.5 Å². The van der Waals surface area contributed by atoms with Crippen molar-refractivity contribution < 1.29 is 9.47 Å². The molecule has 1 N–H and O–H groups in total. The van der Waals surface area contributed by atoms with Crippen molar-refractivity contribution in [2.24, 2.45) is 0 Å². The first kappa shape index (κ1) is 23.2. The molecule has 2 aromatic carbocycles. The average Bonchev–Trinajstić information content (AvgIpc) is 2.80. The number of benzene rings is 2. The third kappa shape index (κ3) is 8.67. The van der Waals surface area contributed by atoms with E-state index in [0.29, 0.717) is 13.2 Å². The van der Waals surface area contributed by atoms with Crippen LogP contribution in [0.4, 0.5) is 0 Å². The molecule has 0 aliphatic carbocycles. The number of thioether (sulfide) groups is 2. The van der Waals surface area contributed by atoms with Crippen LogP contribution in [-0.4, -0.2) is 38.7 Å². The summed E-state index contributed by atoms with van der Waals surface area (Å²) in [6.07, 6.45) is 0. The average molecular weight is 458 g/mol. The lowest BCUT2D eigenvalue weighted by molar-refractivity contribution is 0.263. The predicted octanol–water partition coefficient (Wildman–Crippen LogP) is 4.57. The number of hydrogen-bond donors (Lipinski definition) is 1. The van der Waals surface area contributed by atoms with E-state index in [9.17, 15) is 4.79 Å². The van der Waals surface area contributed by atoms with Crippen molar-refractivity contribution in [3.05, 3.63) is 82.3 Å². The summed E-state index contributed by atoms with van der Waals surface area (Å²) in [5, 5.41) is 0.458. The fraction of sp³-hybridized carbons (Fsp3) is 0.348. The number of nitrogens with zero attached hydrogens (tertiary/aromatic N) is 2. The highest BCUT2D eigenvalue weighted by Crippen LogP contribution is 2.19. The molecule has 164 valence electrons. The van der Waals surface area contributed by atoms with Gasteiger partial charge in [0.2, 0.25) is 0 Å². The van der Waals surface area contributed by atoms with E-state index in [2.05, 4.69) is 53.1 Å². The molecule has 3 aromatic rings. The maximum Gasteiger partial charge on any atom is 0.353 e. The Kier molecular flexibility index (Phi) is 9.30. The molecule has 0 saturated heterocycles. The summed E-state index contributed by atoms with van der Waals surface area (Å²) in [5.74, 6) is 1.80. The summed E-state index contributed by atoms with van der Waals surface area (Å²) in [7, 11) is 0. The molecule has 0 aliphatic heterocycles. The van der Waals surface area contributed by atoms with E-state index in [0.717, 1.165) is 11.5 Å². The second kappa shape index (κ2) is 12.4. The molecule has 3 rings (SSSR count). The number of H-pyrrole nitrogens is 1. The maximum atomic E-state index is 11.8. The Labute approximate surface area is 191 Å². The van der Waals surface area contributed by atoms with Crippen LogP contribution in [0, 0.1) is 0 Å². The monoisotopic (exact) mass is 457 g/mol. The largest absolute Gasteiger partial charge is 0.463 e. The van der Waals surface area contributed by atoms with Gasteiger partial charge < -0.3 is 9.47 Å². The van der Waals surface area contributed by atoms with E-state index in [1.165, 1.54) is 11.1 Å². The van der Waals surface area contributed by atoms with Crippen LogP contribution in [-0.2, 0) is 11.5 Å². The fourth-order valence-corrected chi connectivity index (χ4v) is 4.26. The highest BCUT2D eigenvalue weighted by molar-refractivity contribution is 7.99. The second-order valence-electron chi connectivity index (χ2n) is 7.08. The lowest BCUT2D eigenvalue weighted by atomic mass is 10.2. The Hall–Kier alpha value is -2.45. The summed E-state index contributed by atoms with van der Waals surface area (Å²) >= 11 is 3.55. The normalized spacial score (nSPS) is 12.8. The van der Waals surface area contributed by atoms with Gasteiger partial charge in [-0.25, -0.2) is 4.79 Å². The first-order valence-corrected chi connectivity index (χ1v) is 12.2. The Bertz CT molecular complexity index is 896. The number of aromatic nitrogens is 3. The molecule has 31 heavy (non-hydrogen) atoms. The van der Waals surface area contributed by atoms with Gasteiger partial charge in [-0.15, -0.1) is 9.97 Å². The van der Waals surface area contributed by atoms with Crippen molar-refractivity contribution in [3.8, 4) is 12.0 Å². The van der Waals surface area contributed by atoms with Crippen LogP contribution >= 0.6 is 23.5 Å². The zero-order chi connectivity index (χ0) is 21.9. The zero-order valence-electron chi connectivity index (χ0n) is 17.7. The number of nitrogens with one attached hydrogen (secondary N) is 1. The highest BCUT2D eigenvalue weighted by Gasteiger charge is 2.11. The third-order valence-electron chi connectivity index (χ3n) is 4.26. The van der Waals surface area contributed by atoms with Gasteiger partial charge in [0.25, 0.3) is 0 Å². The maximum absolute atomic E-state index is 11.8. The molecule has 0 spiro atoms. The minimum atomic E-state index is -0.533. The lowest BCUT2D eigenvalue weighted by Crippen LogP contribution is -2.20. The minimum Gasteiger partial charge on any atom is -0.463 e. The Morgan fingerprint density at radius 2 is 1.32 bits per heavy atom. The van der Waals surface area contributed by atoms with Crippen LogP contribution in [0.15, 0.2) is 65.5 Å². The number of ether oxygens (including phenoxy) is 2. The Morgan fingerprint density at radius 3 is 1.87 bits per heavy atom. The number of hydrogen-bond acceptors (Lipinski definition) is 7. The molecule has 0 bridgehead atoms. The minimum absolute atomic E-state index is 0.0375. The molecule has 0 saturated carbocycles. The van der Waals surface area contributed by atoms with Crippen LogP contribution < -0.4 is 15.2 Å². The van der Waals surface area contributed by atoms with Crippen molar-refractivity contribution in [2.45, 2.75) is 35.9 Å². The Morgan fingerprint density at radius 1 is 0.806 bits per heavy atom. The van der Waals surface area contributed by atoms with Gasteiger partial charge in [0.15, 0.2) is 0 Å². The molecule has 1 heterocycles. The van der Waals surface area contributed by atoms with Crippen LogP contribution in [0.25, 0.3) is 0 Å². The van der Waals surface area contributed by atoms with Gasteiger partial charge in [-0.1, -0.05) is 60.7 Å². The highest BCUT2D eigenvalue weighted by atomic mass is 32.2. The molecule has 2 atom stereocenters. The first-order chi connectivity index (χ1) is 15.1. The number of aromatic amines is 1. The van der Waals surface area contributed by atoms with Crippen LogP contribution in [0.2, 0.25) is 0 Å². The van der Waals surface area contributed by atoms with Crippen molar-refractivity contribution in [3.63, 3.8) is 0 Å². The summed E-state index contributed by atoms with van der Waals surface area (Å²) in [4.78, 5) is 22.3. The SMILES string of the molecule is CC(COc1nc(OCC(C)SCc2ccccc2)[nH]c(=O)n1)SCc1ccccc1. The molecule has 6 nitrogen and oxygen atoms in total. The Balaban J connectivity index is 1.43. The van der Waals surface area contributed by atoms with Gasteiger partial charge >= 0.3 is 17.7 Å². The lowest BCUT2D eigenvalue weighted by Gasteiger charge is -2.13. The molecule has 1 aromatic heterocycles. The van der Waals surface area contributed by atoms with Crippen molar-refractivity contribution in [1.29, 1.82) is 0 Å². The standard InChI is InChI=1S/C23H27N3O3S2/c1-17(30-15-19-9-5-3-6-10-19)13-28-22-24-21(27)25-23(26-22)29-14-18(2)31-16-20-11-7-4-8-12-20/h3-12,17-18H,13-16H2,1-2H3,(H,24,25,26,27). The van der Waals surface area contributed by atoms with Gasteiger partial charge in [-0.3, -0.25) is 4.98 Å².